The van der Waals surface area contributed by atoms with Crippen LogP contribution in [0.1, 0.15) is 0 Å². The minimum atomic E-state index is 0. The molecule has 0 aliphatic heterocycles. The third-order valence-electron chi connectivity index (χ3n) is 14.4. The Morgan fingerprint density at radius 2 is 0.291 bits per heavy atom. The SMILES string of the molecule is [Ru].c1ccc(-c2ccnc3c2ccc2c(-c4ccccc4)ccnc23)cc1.c1ccc(-c2ccnc3c2ccc2c(-c4ccccc4)ccnc23)cc1.c1ccc(-c2ccnc3c2ccc2c(-c4ccccc4)ccnc23)cc1. The fourth-order valence-corrected chi connectivity index (χ4v) is 10.7. The van der Waals surface area contributed by atoms with Crippen molar-refractivity contribution in [2.45, 2.75) is 0 Å². The zero-order chi connectivity index (χ0) is 52.0. The fourth-order valence-electron chi connectivity index (χ4n) is 10.7. The molecular formula is C72H48N6Ru. The number of pyridine rings is 6. The molecule has 7 heteroatoms. The van der Waals surface area contributed by atoms with Gasteiger partial charge in [-0.25, -0.2) is 0 Å². The van der Waals surface area contributed by atoms with Gasteiger partial charge in [-0.3, -0.25) is 29.9 Å². The number of aromatic nitrogens is 6. The van der Waals surface area contributed by atoms with Crippen molar-refractivity contribution in [1.29, 1.82) is 0 Å². The Bertz CT molecular complexity index is 3820. The number of fused-ring (bicyclic) bond motifs is 9. The molecule has 6 heterocycles. The molecule has 0 atom stereocenters. The van der Waals surface area contributed by atoms with Crippen LogP contribution >= 0.6 is 0 Å². The summed E-state index contributed by atoms with van der Waals surface area (Å²) in [5.41, 5.74) is 19.9. The average Bonchev–Trinajstić information content (AvgIpc) is 3.63. The van der Waals surface area contributed by atoms with Gasteiger partial charge in [0.15, 0.2) is 0 Å². The molecule has 0 aliphatic carbocycles. The van der Waals surface area contributed by atoms with Crippen molar-refractivity contribution in [1.82, 2.24) is 29.9 Å². The van der Waals surface area contributed by atoms with Crippen LogP contribution in [0.2, 0.25) is 0 Å². The molecule has 0 bridgehead atoms. The van der Waals surface area contributed by atoms with Gasteiger partial charge in [0, 0.05) is 89.0 Å². The minimum Gasteiger partial charge on any atom is -0.254 e. The molecule has 0 amide bonds. The zero-order valence-electron chi connectivity index (χ0n) is 42.7. The summed E-state index contributed by atoms with van der Waals surface area (Å²) in [4.78, 5) is 28.0. The summed E-state index contributed by atoms with van der Waals surface area (Å²) in [6.45, 7) is 0. The first-order valence-electron chi connectivity index (χ1n) is 26.1. The van der Waals surface area contributed by atoms with E-state index in [1.165, 1.54) is 66.8 Å². The molecule has 0 saturated heterocycles. The quantitative estimate of drug-likeness (QED) is 0.122. The Labute approximate surface area is 470 Å². The molecule has 0 fully saturated rings. The first-order valence-corrected chi connectivity index (χ1v) is 26.1. The molecule has 0 radical (unpaired) electrons. The second-order valence-electron chi connectivity index (χ2n) is 18.9. The largest absolute Gasteiger partial charge is 0.254 e. The van der Waals surface area contributed by atoms with Crippen LogP contribution in [0.15, 0.2) is 292 Å². The molecule has 79 heavy (non-hydrogen) atoms. The topological polar surface area (TPSA) is 77.3 Å². The van der Waals surface area contributed by atoms with Gasteiger partial charge in [0.05, 0.1) is 33.1 Å². The molecule has 0 saturated carbocycles. The third-order valence-corrected chi connectivity index (χ3v) is 14.4. The molecule has 374 valence electrons. The second-order valence-corrected chi connectivity index (χ2v) is 18.9. The predicted octanol–water partition coefficient (Wildman–Crippen LogP) is 18.3. The van der Waals surface area contributed by atoms with Crippen molar-refractivity contribution in [3.8, 4) is 66.8 Å². The Morgan fingerprint density at radius 3 is 0.430 bits per heavy atom. The number of benzene rings is 9. The Morgan fingerprint density at radius 1 is 0.152 bits per heavy atom. The van der Waals surface area contributed by atoms with Gasteiger partial charge < -0.3 is 0 Å². The Balaban J connectivity index is 0.000000118. The summed E-state index contributed by atoms with van der Waals surface area (Å²) >= 11 is 0. The van der Waals surface area contributed by atoms with Gasteiger partial charge in [-0.15, -0.1) is 0 Å². The number of hydrogen-bond acceptors (Lipinski definition) is 6. The van der Waals surface area contributed by atoms with Crippen LogP contribution < -0.4 is 0 Å². The van der Waals surface area contributed by atoms with Crippen LogP contribution in [0.3, 0.4) is 0 Å². The summed E-state index contributed by atoms with van der Waals surface area (Å²) in [5, 5.41) is 6.77. The molecular weight excluding hydrogens is 1050 g/mol. The van der Waals surface area contributed by atoms with Gasteiger partial charge in [-0.2, -0.15) is 0 Å². The third kappa shape index (κ3) is 9.92. The maximum absolute atomic E-state index is 4.67. The smallest absolute Gasteiger partial charge is 0.0970 e. The Kier molecular flexibility index (Phi) is 14.4. The first-order chi connectivity index (χ1) is 38.7. The van der Waals surface area contributed by atoms with E-state index in [0.29, 0.717) is 0 Å². The van der Waals surface area contributed by atoms with E-state index in [4.69, 9.17) is 0 Å². The van der Waals surface area contributed by atoms with E-state index < -0.39 is 0 Å². The van der Waals surface area contributed by atoms with E-state index in [0.717, 1.165) is 65.4 Å². The van der Waals surface area contributed by atoms with E-state index in [2.05, 4.69) is 248 Å². The molecule has 0 N–H and O–H groups in total. The van der Waals surface area contributed by atoms with E-state index in [9.17, 15) is 0 Å². The number of rotatable bonds is 6. The van der Waals surface area contributed by atoms with Gasteiger partial charge in [-0.05, 0) is 103 Å². The van der Waals surface area contributed by atoms with E-state index in [1.54, 1.807) is 0 Å². The van der Waals surface area contributed by atoms with Crippen molar-refractivity contribution in [2.75, 3.05) is 0 Å². The van der Waals surface area contributed by atoms with Crippen LogP contribution in [-0.2, 0) is 19.5 Å². The summed E-state index contributed by atoms with van der Waals surface area (Å²) in [5.74, 6) is 0. The summed E-state index contributed by atoms with van der Waals surface area (Å²) < 4.78 is 0. The van der Waals surface area contributed by atoms with Crippen LogP contribution in [-0.4, -0.2) is 29.9 Å². The van der Waals surface area contributed by atoms with E-state index in [1.807, 2.05) is 73.6 Å². The molecule has 0 aliphatic rings. The first kappa shape index (κ1) is 49.9. The molecule has 6 aromatic heterocycles. The van der Waals surface area contributed by atoms with Gasteiger partial charge >= 0.3 is 0 Å². The molecule has 0 spiro atoms. The molecule has 0 unspecified atom stereocenters. The zero-order valence-corrected chi connectivity index (χ0v) is 44.5. The maximum Gasteiger partial charge on any atom is 0.0970 e. The van der Waals surface area contributed by atoms with E-state index >= 15 is 0 Å². The minimum absolute atomic E-state index is 0. The fraction of sp³-hybridized carbons (Fsp3) is 0. The van der Waals surface area contributed by atoms with Crippen LogP contribution in [0.5, 0.6) is 0 Å². The predicted molar refractivity (Wildman–Crippen MR) is 324 cm³/mol. The summed E-state index contributed by atoms with van der Waals surface area (Å²) in [6, 6.07) is 88.0. The Hall–Kier alpha value is -9.94. The normalized spacial score (nSPS) is 10.9. The molecule has 15 aromatic rings. The number of hydrogen-bond donors (Lipinski definition) is 0. The second kappa shape index (κ2) is 22.7. The number of nitrogens with zero attached hydrogens (tertiary/aromatic N) is 6. The summed E-state index contributed by atoms with van der Waals surface area (Å²) in [7, 11) is 0. The monoisotopic (exact) mass is 1100 g/mol. The molecule has 6 nitrogen and oxygen atoms in total. The molecule has 9 aromatic carbocycles. The maximum atomic E-state index is 4.67. The van der Waals surface area contributed by atoms with Crippen molar-refractivity contribution < 1.29 is 19.5 Å². The molecule has 15 rings (SSSR count). The van der Waals surface area contributed by atoms with Crippen LogP contribution in [0.25, 0.3) is 132 Å². The standard InChI is InChI=1S/3C24H16N2.Ru/c3*1-3-7-17(8-4-1)19-13-15-25-23-21(19)11-12-22-20(14-16-26-24(22)23)18-9-5-2-6-10-18;/h3*1-16H;. The van der Waals surface area contributed by atoms with Crippen LogP contribution in [0, 0.1) is 0 Å². The van der Waals surface area contributed by atoms with Crippen LogP contribution in [0.4, 0.5) is 0 Å². The van der Waals surface area contributed by atoms with Gasteiger partial charge in [0.25, 0.3) is 0 Å². The van der Waals surface area contributed by atoms with Crippen molar-refractivity contribution in [3.05, 3.63) is 292 Å². The van der Waals surface area contributed by atoms with Crippen molar-refractivity contribution in [3.63, 3.8) is 0 Å². The van der Waals surface area contributed by atoms with Crippen molar-refractivity contribution in [2.24, 2.45) is 0 Å². The van der Waals surface area contributed by atoms with Gasteiger partial charge in [0.1, 0.15) is 0 Å². The average molecular weight is 1100 g/mol. The summed E-state index contributed by atoms with van der Waals surface area (Å²) in [6.07, 6.45) is 11.3. The van der Waals surface area contributed by atoms with Gasteiger partial charge in [0.2, 0.25) is 0 Å². The van der Waals surface area contributed by atoms with Crippen molar-refractivity contribution >= 4 is 65.4 Å². The van der Waals surface area contributed by atoms with E-state index in [-0.39, 0.29) is 19.5 Å². The van der Waals surface area contributed by atoms with Gasteiger partial charge in [-0.1, -0.05) is 218 Å².